The Hall–Kier alpha value is -0.180. The van der Waals surface area contributed by atoms with E-state index in [0.29, 0.717) is 0 Å². The Bertz CT molecular complexity index is 81.1. The van der Waals surface area contributed by atoms with Gasteiger partial charge in [-0.3, -0.25) is 5.32 Å². The Labute approximate surface area is 54.4 Å². The lowest BCUT2D eigenvalue weighted by Gasteiger charge is -2.18. The van der Waals surface area contributed by atoms with Gasteiger partial charge in [-0.05, 0) is 13.8 Å². The maximum Gasteiger partial charge on any atom is 0.302 e. The van der Waals surface area contributed by atoms with Crippen molar-refractivity contribution in [2.75, 3.05) is 0 Å². The quantitative estimate of drug-likeness (QED) is 0.586. The highest BCUT2D eigenvalue weighted by Gasteiger charge is 2.25. The van der Waals surface area contributed by atoms with E-state index in [9.17, 15) is 8.78 Å². The third-order valence-electron chi connectivity index (χ3n) is 0.944. The molecule has 0 rings (SSSR count). The van der Waals surface area contributed by atoms with Crippen LogP contribution >= 0.6 is 0 Å². The summed E-state index contributed by atoms with van der Waals surface area (Å²) < 4.78 is 24.6. The summed E-state index contributed by atoms with van der Waals surface area (Å²) in [5.41, 5.74) is 0. The Morgan fingerprint density at radius 3 is 2.00 bits per heavy atom. The van der Waals surface area contributed by atoms with Gasteiger partial charge in [0.05, 0.1) is 0 Å². The van der Waals surface area contributed by atoms with Crippen molar-refractivity contribution >= 4 is 0 Å². The van der Waals surface area contributed by atoms with Crippen LogP contribution in [-0.4, -0.2) is 12.1 Å². The number of nitrogens with one attached hydrogen (secondary N) is 1. The second-order valence-electron chi connectivity index (χ2n) is 2.36. The zero-order chi connectivity index (χ0) is 7.49. The van der Waals surface area contributed by atoms with Gasteiger partial charge < -0.3 is 0 Å². The molecule has 0 saturated carbocycles. The SMILES string of the molecule is CCC(F)(F)NC(C)C. The van der Waals surface area contributed by atoms with Crippen molar-refractivity contribution < 1.29 is 8.78 Å². The fourth-order valence-corrected chi connectivity index (χ4v) is 0.524. The Balaban J connectivity index is 3.58. The van der Waals surface area contributed by atoms with Crippen molar-refractivity contribution in [1.29, 1.82) is 0 Å². The van der Waals surface area contributed by atoms with Gasteiger partial charge in [0.25, 0.3) is 0 Å². The van der Waals surface area contributed by atoms with Gasteiger partial charge in [0.2, 0.25) is 0 Å². The molecule has 0 bridgehead atoms. The Kier molecular flexibility index (Phi) is 3.04. The molecule has 0 heterocycles. The minimum atomic E-state index is -2.69. The first kappa shape index (κ1) is 8.82. The van der Waals surface area contributed by atoms with Crippen molar-refractivity contribution in [2.45, 2.75) is 39.3 Å². The number of rotatable bonds is 3. The van der Waals surface area contributed by atoms with E-state index in [-0.39, 0.29) is 12.5 Å². The topological polar surface area (TPSA) is 12.0 Å². The average Bonchev–Trinajstić information content (AvgIpc) is 1.63. The zero-order valence-electron chi connectivity index (χ0n) is 6.04. The normalized spacial score (nSPS) is 12.7. The van der Waals surface area contributed by atoms with Crippen LogP contribution in [0.2, 0.25) is 0 Å². The summed E-state index contributed by atoms with van der Waals surface area (Å²) >= 11 is 0. The lowest BCUT2D eigenvalue weighted by molar-refractivity contribution is -0.0450. The van der Waals surface area contributed by atoms with Gasteiger partial charge in [0, 0.05) is 12.5 Å². The molecule has 0 aromatic carbocycles. The maximum absolute atomic E-state index is 12.3. The molecule has 0 unspecified atom stereocenters. The third kappa shape index (κ3) is 4.33. The fraction of sp³-hybridized carbons (Fsp3) is 1.00. The molecule has 0 atom stereocenters. The van der Waals surface area contributed by atoms with E-state index in [4.69, 9.17) is 0 Å². The zero-order valence-corrected chi connectivity index (χ0v) is 6.04. The molecule has 1 N–H and O–H groups in total. The standard InChI is InChI=1S/C6H13F2N/c1-4-6(7,8)9-5(2)3/h5,9H,4H2,1-3H3. The van der Waals surface area contributed by atoms with Crippen LogP contribution in [0.5, 0.6) is 0 Å². The molecule has 9 heavy (non-hydrogen) atoms. The predicted molar refractivity (Wildman–Crippen MR) is 33.5 cm³/mol. The van der Waals surface area contributed by atoms with E-state index in [1.54, 1.807) is 13.8 Å². The number of halogens is 2. The first-order valence-electron chi connectivity index (χ1n) is 3.13. The lowest BCUT2D eigenvalue weighted by atomic mass is 10.3. The van der Waals surface area contributed by atoms with Crippen LogP contribution in [0.25, 0.3) is 0 Å². The van der Waals surface area contributed by atoms with Crippen LogP contribution in [0.4, 0.5) is 8.78 Å². The third-order valence-corrected chi connectivity index (χ3v) is 0.944. The molecule has 56 valence electrons. The van der Waals surface area contributed by atoms with Crippen molar-refractivity contribution in [1.82, 2.24) is 5.32 Å². The van der Waals surface area contributed by atoms with E-state index in [2.05, 4.69) is 5.32 Å². The van der Waals surface area contributed by atoms with Crippen molar-refractivity contribution in [3.8, 4) is 0 Å². The number of hydrogen-bond acceptors (Lipinski definition) is 1. The molecule has 0 aromatic heterocycles. The summed E-state index contributed by atoms with van der Waals surface area (Å²) in [6.07, 6.45) is -0.148. The van der Waals surface area contributed by atoms with Crippen LogP contribution in [-0.2, 0) is 0 Å². The summed E-state index contributed by atoms with van der Waals surface area (Å²) in [7, 11) is 0. The van der Waals surface area contributed by atoms with Crippen molar-refractivity contribution in [3.63, 3.8) is 0 Å². The molecule has 0 amide bonds. The van der Waals surface area contributed by atoms with E-state index in [1.807, 2.05) is 0 Å². The van der Waals surface area contributed by atoms with Crippen LogP contribution < -0.4 is 5.32 Å². The van der Waals surface area contributed by atoms with Crippen LogP contribution in [0.3, 0.4) is 0 Å². The highest BCUT2D eigenvalue weighted by atomic mass is 19.3. The summed E-state index contributed by atoms with van der Waals surface area (Å²) in [5, 5.41) is 2.14. The Morgan fingerprint density at radius 1 is 1.44 bits per heavy atom. The van der Waals surface area contributed by atoms with Gasteiger partial charge in [0.15, 0.2) is 0 Å². The largest absolute Gasteiger partial charge is 0.302 e. The highest BCUT2D eigenvalue weighted by molar-refractivity contribution is 4.63. The molecule has 0 spiro atoms. The smallest absolute Gasteiger partial charge is 0.256 e. The van der Waals surface area contributed by atoms with Gasteiger partial charge in [-0.2, -0.15) is 8.78 Å². The first-order chi connectivity index (χ1) is 3.98. The van der Waals surface area contributed by atoms with E-state index in [0.717, 1.165) is 0 Å². The van der Waals surface area contributed by atoms with Crippen molar-refractivity contribution in [3.05, 3.63) is 0 Å². The van der Waals surface area contributed by atoms with E-state index < -0.39 is 6.05 Å². The molecule has 0 saturated heterocycles. The van der Waals surface area contributed by atoms with Crippen LogP contribution in [0.1, 0.15) is 27.2 Å². The fourth-order valence-electron chi connectivity index (χ4n) is 0.524. The van der Waals surface area contributed by atoms with Gasteiger partial charge in [-0.15, -0.1) is 0 Å². The van der Waals surface area contributed by atoms with E-state index in [1.165, 1.54) is 6.92 Å². The summed E-state index contributed by atoms with van der Waals surface area (Å²) in [5.74, 6) is 0. The molecule has 3 heteroatoms. The van der Waals surface area contributed by atoms with Crippen LogP contribution in [0, 0.1) is 0 Å². The van der Waals surface area contributed by atoms with Gasteiger partial charge >= 0.3 is 6.05 Å². The molecule has 0 aliphatic heterocycles. The van der Waals surface area contributed by atoms with Crippen molar-refractivity contribution in [2.24, 2.45) is 0 Å². The summed E-state index contributed by atoms with van der Waals surface area (Å²) in [6, 6.07) is -2.84. The molecule has 0 fully saturated rings. The first-order valence-corrected chi connectivity index (χ1v) is 3.13. The van der Waals surface area contributed by atoms with Gasteiger partial charge in [-0.25, -0.2) is 0 Å². The second-order valence-corrected chi connectivity index (χ2v) is 2.36. The highest BCUT2D eigenvalue weighted by Crippen LogP contribution is 2.13. The molecule has 1 nitrogen and oxygen atoms in total. The summed E-state index contributed by atoms with van der Waals surface area (Å²) in [4.78, 5) is 0. The number of alkyl halides is 2. The molecule has 0 aliphatic carbocycles. The second kappa shape index (κ2) is 3.11. The molecule has 0 aliphatic rings. The number of hydrogen-bond donors (Lipinski definition) is 1. The Morgan fingerprint density at radius 2 is 1.89 bits per heavy atom. The van der Waals surface area contributed by atoms with Gasteiger partial charge in [0.1, 0.15) is 0 Å². The van der Waals surface area contributed by atoms with Crippen LogP contribution in [0.15, 0.2) is 0 Å². The minimum absolute atomic E-state index is 0.148. The monoisotopic (exact) mass is 137 g/mol. The molecule has 0 radical (unpaired) electrons. The minimum Gasteiger partial charge on any atom is -0.256 e. The summed E-state index contributed by atoms with van der Waals surface area (Å²) in [6.45, 7) is 4.85. The van der Waals surface area contributed by atoms with E-state index >= 15 is 0 Å². The molecule has 0 aromatic rings. The average molecular weight is 137 g/mol. The predicted octanol–water partition coefficient (Wildman–Crippen LogP) is 1.99. The van der Waals surface area contributed by atoms with Gasteiger partial charge in [-0.1, -0.05) is 6.92 Å². The lowest BCUT2D eigenvalue weighted by Crippen LogP contribution is -2.40. The maximum atomic E-state index is 12.3. The molecular formula is C6H13F2N. The molecular weight excluding hydrogens is 124 g/mol.